The Hall–Kier alpha value is -7.69. The summed E-state index contributed by atoms with van der Waals surface area (Å²) in [6.07, 6.45) is 0. The van der Waals surface area contributed by atoms with E-state index in [-0.39, 0.29) is 5.82 Å². The van der Waals surface area contributed by atoms with E-state index in [0.717, 1.165) is 95.0 Å². The van der Waals surface area contributed by atoms with E-state index in [1.165, 1.54) is 5.56 Å². The zero-order valence-corrected chi connectivity index (χ0v) is 31.9. The first kappa shape index (κ1) is 33.4. The van der Waals surface area contributed by atoms with Gasteiger partial charge in [0.05, 0.1) is 28.2 Å². The molecule has 0 radical (unpaired) electrons. The lowest BCUT2D eigenvalue weighted by atomic mass is 9.60. The first-order valence-electron chi connectivity index (χ1n) is 20.0. The molecular weight excluding hydrogens is 724 g/mol. The Morgan fingerprint density at radius 1 is 0.373 bits per heavy atom. The van der Waals surface area contributed by atoms with E-state index in [1.54, 1.807) is 12.1 Å². The first-order chi connectivity index (χ1) is 29.2. The maximum atomic E-state index is 16.0. The highest BCUT2D eigenvalue weighted by Crippen LogP contribution is 2.64. The number of para-hydroxylation sites is 5. The lowest BCUT2D eigenvalue weighted by Gasteiger charge is -2.51. The van der Waals surface area contributed by atoms with E-state index < -0.39 is 5.41 Å². The molecule has 1 aromatic heterocycles. The fraction of sp³-hybridized carbons (Fsp3) is 0.0182. The van der Waals surface area contributed by atoms with Crippen molar-refractivity contribution in [1.29, 1.82) is 0 Å². The van der Waals surface area contributed by atoms with Gasteiger partial charge in [-0.1, -0.05) is 146 Å². The van der Waals surface area contributed by atoms with Crippen LogP contribution in [0.5, 0.6) is 0 Å². The van der Waals surface area contributed by atoms with Crippen molar-refractivity contribution >= 4 is 56.1 Å². The zero-order valence-electron chi connectivity index (χ0n) is 31.9. The fourth-order valence-electron chi connectivity index (χ4n) is 9.85. The predicted octanol–water partition coefficient (Wildman–Crippen LogP) is 15.0. The summed E-state index contributed by atoms with van der Waals surface area (Å²) in [5.41, 5.74) is 15.7. The number of rotatable bonds is 4. The Morgan fingerprint density at radius 3 is 1.49 bits per heavy atom. The highest BCUT2D eigenvalue weighted by Gasteiger charge is 2.52. The second-order valence-electron chi connectivity index (χ2n) is 15.4. The molecule has 9 aromatic carbocycles. The maximum Gasteiger partial charge on any atom is 0.143 e. The topological polar surface area (TPSA) is 19.6 Å². The van der Waals surface area contributed by atoms with Crippen molar-refractivity contribution in [3.63, 3.8) is 0 Å². The van der Waals surface area contributed by atoms with Crippen LogP contribution >= 0.6 is 0 Å². The van der Waals surface area contributed by atoms with Crippen LogP contribution in [-0.2, 0) is 5.41 Å². The van der Waals surface area contributed by atoms with Gasteiger partial charge in [0.2, 0.25) is 0 Å². The van der Waals surface area contributed by atoms with Crippen molar-refractivity contribution < 1.29 is 8.81 Å². The van der Waals surface area contributed by atoms with Crippen molar-refractivity contribution in [2.24, 2.45) is 0 Å². The molecular formula is C55H35FN2O. The zero-order chi connectivity index (χ0) is 39.1. The summed E-state index contributed by atoms with van der Waals surface area (Å²) in [6.45, 7) is 0. The normalized spacial score (nSPS) is 13.6. The van der Waals surface area contributed by atoms with E-state index >= 15 is 4.39 Å². The number of benzene rings is 9. The number of hydrogen-bond donors (Lipinski definition) is 0. The standard InChI is InChI=1S/C55H35FN2O/c56-39-29-34-52-48(35-39)55(45-18-5-8-21-49(45)57(50-22-9-6-19-46(50)55)40-30-25-37(26-31-40)36-13-2-1-3-14-36)47-20-7-10-23-51(47)58(52)41-32-27-38(28-33-41)42-16-12-17-44-43-15-4-11-24-53(43)59-54(42)44/h1-35H. The van der Waals surface area contributed by atoms with E-state index in [1.807, 2.05) is 30.3 Å². The van der Waals surface area contributed by atoms with Gasteiger partial charge in [0, 0.05) is 27.7 Å². The highest BCUT2D eigenvalue weighted by molar-refractivity contribution is 6.09. The van der Waals surface area contributed by atoms with Gasteiger partial charge in [-0.15, -0.1) is 0 Å². The molecule has 3 nitrogen and oxygen atoms in total. The molecule has 0 bridgehead atoms. The molecule has 10 aromatic rings. The smallest absolute Gasteiger partial charge is 0.143 e. The van der Waals surface area contributed by atoms with Gasteiger partial charge in [0.25, 0.3) is 0 Å². The summed E-state index contributed by atoms with van der Waals surface area (Å²) in [5.74, 6) is -0.273. The lowest BCUT2D eigenvalue weighted by molar-refractivity contribution is 0.617. The molecule has 278 valence electrons. The first-order valence-corrected chi connectivity index (χ1v) is 20.0. The van der Waals surface area contributed by atoms with Crippen LogP contribution in [0.3, 0.4) is 0 Å². The molecule has 2 aliphatic rings. The van der Waals surface area contributed by atoms with Crippen molar-refractivity contribution in [3.05, 3.63) is 240 Å². The van der Waals surface area contributed by atoms with Gasteiger partial charge in [0.1, 0.15) is 17.0 Å². The molecule has 3 heterocycles. The maximum absolute atomic E-state index is 16.0. The number of hydrogen-bond acceptors (Lipinski definition) is 3. The van der Waals surface area contributed by atoms with Crippen LogP contribution in [0, 0.1) is 5.82 Å². The monoisotopic (exact) mass is 758 g/mol. The third-order valence-electron chi connectivity index (χ3n) is 12.3. The SMILES string of the molecule is Fc1ccc2c(c1)C1(c3ccccc3N(c3ccc(-c4ccccc4)cc3)c3ccccc31)c1ccccc1N2c1ccc(-c2cccc3c2oc2ccccc23)cc1. The minimum Gasteiger partial charge on any atom is -0.455 e. The quantitative estimate of drug-likeness (QED) is 0.178. The Labute approximate surface area is 341 Å². The molecule has 0 aliphatic carbocycles. The molecule has 0 atom stereocenters. The molecule has 0 amide bonds. The second-order valence-corrected chi connectivity index (χ2v) is 15.4. The molecule has 1 spiro atoms. The predicted molar refractivity (Wildman–Crippen MR) is 239 cm³/mol. The summed E-state index contributed by atoms with van der Waals surface area (Å²) in [5, 5.41) is 2.21. The number of anilines is 6. The van der Waals surface area contributed by atoms with E-state index in [9.17, 15) is 0 Å². The number of fused-ring (bicyclic) bond motifs is 11. The molecule has 12 rings (SSSR count). The minimum atomic E-state index is -0.824. The van der Waals surface area contributed by atoms with Gasteiger partial charge in [-0.2, -0.15) is 0 Å². The Balaban J connectivity index is 1.04. The van der Waals surface area contributed by atoms with Gasteiger partial charge in [-0.05, 0) is 106 Å². The van der Waals surface area contributed by atoms with Gasteiger partial charge in [0.15, 0.2) is 0 Å². The average molecular weight is 759 g/mol. The van der Waals surface area contributed by atoms with Crippen molar-refractivity contribution in [3.8, 4) is 22.3 Å². The third-order valence-corrected chi connectivity index (χ3v) is 12.3. The fourth-order valence-corrected chi connectivity index (χ4v) is 9.85. The summed E-state index contributed by atoms with van der Waals surface area (Å²) < 4.78 is 22.4. The number of halogens is 1. The van der Waals surface area contributed by atoms with Crippen molar-refractivity contribution in [2.45, 2.75) is 5.41 Å². The Bertz CT molecular complexity index is 3190. The van der Waals surface area contributed by atoms with Crippen molar-refractivity contribution in [2.75, 3.05) is 9.80 Å². The van der Waals surface area contributed by atoms with Crippen LogP contribution in [-0.4, -0.2) is 0 Å². The van der Waals surface area contributed by atoms with Crippen LogP contribution in [0.25, 0.3) is 44.2 Å². The van der Waals surface area contributed by atoms with Crippen LogP contribution in [0.1, 0.15) is 22.3 Å². The van der Waals surface area contributed by atoms with Gasteiger partial charge in [-0.25, -0.2) is 4.39 Å². The largest absolute Gasteiger partial charge is 0.455 e. The Kier molecular flexibility index (Phi) is 7.32. The summed E-state index contributed by atoms with van der Waals surface area (Å²) in [6, 6.07) is 73.7. The Morgan fingerprint density at radius 2 is 0.864 bits per heavy atom. The van der Waals surface area contributed by atoms with Crippen molar-refractivity contribution in [1.82, 2.24) is 0 Å². The molecule has 59 heavy (non-hydrogen) atoms. The number of furan rings is 1. The van der Waals surface area contributed by atoms with E-state index in [0.29, 0.717) is 0 Å². The summed E-state index contributed by atoms with van der Waals surface area (Å²) in [7, 11) is 0. The molecule has 0 saturated carbocycles. The molecule has 0 saturated heterocycles. The summed E-state index contributed by atoms with van der Waals surface area (Å²) >= 11 is 0. The van der Waals surface area contributed by atoms with Crippen LogP contribution in [0.15, 0.2) is 217 Å². The average Bonchev–Trinajstić information content (AvgIpc) is 3.69. The molecule has 0 fully saturated rings. The van der Waals surface area contributed by atoms with E-state index in [4.69, 9.17) is 4.42 Å². The highest BCUT2D eigenvalue weighted by atomic mass is 19.1. The van der Waals surface area contributed by atoms with Gasteiger partial charge >= 0.3 is 0 Å². The minimum absolute atomic E-state index is 0.273. The van der Waals surface area contributed by atoms with Crippen LogP contribution < -0.4 is 9.80 Å². The second kappa shape index (κ2) is 12.9. The van der Waals surface area contributed by atoms with Gasteiger partial charge in [-0.3, -0.25) is 0 Å². The molecule has 4 heteroatoms. The number of nitrogens with zero attached hydrogens (tertiary/aromatic N) is 2. The van der Waals surface area contributed by atoms with E-state index in [2.05, 4.69) is 180 Å². The van der Waals surface area contributed by atoms with Crippen LogP contribution in [0.2, 0.25) is 0 Å². The summed E-state index contributed by atoms with van der Waals surface area (Å²) in [4.78, 5) is 4.65. The van der Waals surface area contributed by atoms with Gasteiger partial charge < -0.3 is 14.2 Å². The molecule has 0 N–H and O–H groups in total. The lowest BCUT2D eigenvalue weighted by Crippen LogP contribution is -2.42. The van der Waals surface area contributed by atoms with Crippen LogP contribution in [0.4, 0.5) is 38.5 Å². The molecule has 2 aliphatic heterocycles. The third kappa shape index (κ3) is 4.87. The molecule has 0 unspecified atom stereocenters.